The maximum atomic E-state index is 12.0. The fourth-order valence-corrected chi connectivity index (χ4v) is 1.86. The fraction of sp³-hybridized carbons (Fsp3) is 0.231. The number of benzene rings is 1. The van der Waals surface area contributed by atoms with Crippen molar-refractivity contribution < 1.29 is 14.7 Å². The molecule has 0 aliphatic heterocycles. The Bertz CT molecular complexity index is 643. The third-order valence-electron chi connectivity index (χ3n) is 2.55. The van der Waals surface area contributed by atoms with Crippen LogP contribution in [-0.4, -0.2) is 32.0 Å². The normalized spacial score (nSPS) is 10.3. The largest absolute Gasteiger partial charge is 0.480 e. The van der Waals surface area contributed by atoms with Crippen molar-refractivity contribution in [2.45, 2.75) is 20.4 Å². The van der Waals surface area contributed by atoms with E-state index in [1.165, 1.54) is 6.20 Å². The van der Waals surface area contributed by atoms with Crippen molar-refractivity contribution in [3.8, 4) is 0 Å². The standard InChI is InChI=1S/C13H14N4O3/c1-8-3-9(2)5-10(4-8)14-13(20)11-6-17(16-15-11)7-12(18)19/h3-6H,7H2,1-2H3,(H,14,20)(H,18,19). The Morgan fingerprint density at radius 3 is 2.50 bits per heavy atom. The van der Waals surface area contributed by atoms with Gasteiger partial charge in [0.2, 0.25) is 0 Å². The van der Waals surface area contributed by atoms with Crippen LogP contribution in [0.5, 0.6) is 0 Å². The molecular weight excluding hydrogens is 260 g/mol. The maximum Gasteiger partial charge on any atom is 0.325 e. The van der Waals surface area contributed by atoms with Crippen molar-refractivity contribution in [1.29, 1.82) is 0 Å². The number of nitrogens with one attached hydrogen (secondary N) is 1. The molecule has 0 radical (unpaired) electrons. The second kappa shape index (κ2) is 5.52. The quantitative estimate of drug-likeness (QED) is 0.874. The topological polar surface area (TPSA) is 97.1 Å². The van der Waals surface area contributed by atoms with E-state index in [4.69, 9.17) is 5.11 Å². The van der Waals surface area contributed by atoms with E-state index in [1.54, 1.807) is 0 Å². The van der Waals surface area contributed by atoms with Gasteiger partial charge in [-0.3, -0.25) is 9.59 Å². The molecule has 0 atom stereocenters. The van der Waals surface area contributed by atoms with E-state index in [-0.39, 0.29) is 12.2 Å². The summed E-state index contributed by atoms with van der Waals surface area (Å²) in [7, 11) is 0. The van der Waals surface area contributed by atoms with Crippen LogP contribution in [0.1, 0.15) is 21.6 Å². The average Bonchev–Trinajstić information content (AvgIpc) is 2.75. The van der Waals surface area contributed by atoms with E-state index >= 15 is 0 Å². The van der Waals surface area contributed by atoms with Gasteiger partial charge in [0.25, 0.3) is 5.91 Å². The first-order valence-corrected chi connectivity index (χ1v) is 5.95. The predicted octanol–water partition coefficient (Wildman–Crippen LogP) is 1.23. The summed E-state index contributed by atoms with van der Waals surface area (Å²) in [6.07, 6.45) is 1.30. The number of aromatic nitrogens is 3. The number of anilines is 1. The Morgan fingerprint density at radius 2 is 1.90 bits per heavy atom. The van der Waals surface area contributed by atoms with Crippen molar-refractivity contribution in [2.24, 2.45) is 0 Å². The van der Waals surface area contributed by atoms with Crippen LogP contribution in [0.3, 0.4) is 0 Å². The van der Waals surface area contributed by atoms with Gasteiger partial charge in [-0.15, -0.1) is 5.10 Å². The summed E-state index contributed by atoms with van der Waals surface area (Å²) in [6.45, 7) is 3.54. The molecule has 1 amide bonds. The molecule has 2 N–H and O–H groups in total. The first-order valence-electron chi connectivity index (χ1n) is 5.95. The lowest BCUT2D eigenvalue weighted by Gasteiger charge is -2.05. The number of hydrogen-bond acceptors (Lipinski definition) is 4. The summed E-state index contributed by atoms with van der Waals surface area (Å²) < 4.78 is 1.10. The lowest BCUT2D eigenvalue weighted by atomic mass is 10.1. The van der Waals surface area contributed by atoms with Crippen LogP contribution in [0.4, 0.5) is 5.69 Å². The molecule has 7 nitrogen and oxygen atoms in total. The van der Waals surface area contributed by atoms with E-state index in [0.29, 0.717) is 5.69 Å². The van der Waals surface area contributed by atoms with Crippen LogP contribution in [0.2, 0.25) is 0 Å². The van der Waals surface area contributed by atoms with Gasteiger partial charge in [0.1, 0.15) is 6.54 Å². The second-order valence-corrected chi connectivity index (χ2v) is 4.53. The minimum Gasteiger partial charge on any atom is -0.480 e. The Labute approximate surface area is 115 Å². The van der Waals surface area contributed by atoms with Gasteiger partial charge in [-0.25, -0.2) is 4.68 Å². The molecule has 0 saturated carbocycles. The fourth-order valence-electron chi connectivity index (χ4n) is 1.86. The summed E-state index contributed by atoms with van der Waals surface area (Å²) in [6, 6.07) is 5.68. The van der Waals surface area contributed by atoms with Crippen molar-refractivity contribution in [2.75, 3.05) is 5.32 Å². The third kappa shape index (κ3) is 3.41. The highest BCUT2D eigenvalue weighted by atomic mass is 16.4. The van der Waals surface area contributed by atoms with Crippen LogP contribution >= 0.6 is 0 Å². The minimum atomic E-state index is -1.05. The third-order valence-corrected chi connectivity index (χ3v) is 2.55. The highest BCUT2D eigenvalue weighted by molar-refractivity contribution is 6.02. The molecule has 0 fully saturated rings. The first-order chi connectivity index (χ1) is 9.44. The van der Waals surface area contributed by atoms with Gasteiger partial charge in [-0.05, 0) is 37.1 Å². The number of hydrogen-bond donors (Lipinski definition) is 2. The van der Waals surface area contributed by atoms with Crippen LogP contribution in [0.25, 0.3) is 0 Å². The van der Waals surface area contributed by atoms with Crippen molar-refractivity contribution in [1.82, 2.24) is 15.0 Å². The van der Waals surface area contributed by atoms with Gasteiger partial charge in [0, 0.05) is 5.69 Å². The van der Waals surface area contributed by atoms with Crippen molar-refractivity contribution in [3.05, 3.63) is 41.2 Å². The number of carbonyl (C=O) groups excluding carboxylic acids is 1. The zero-order chi connectivity index (χ0) is 14.7. The average molecular weight is 274 g/mol. The number of carboxylic acid groups (broad SMARTS) is 1. The van der Waals surface area contributed by atoms with E-state index in [9.17, 15) is 9.59 Å². The van der Waals surface area contributed by atoms with Gasteiger partial charge in [-0.2, -0.15) is 0 Å². The molecule has 1 aromatic carbocycles. The number of amides is 1. The van der Waals surface area contributed by atoms with Crippen LogP contribution in [0.15, 0.2) is 24.4 Å². The van der Waals surface area contributed by atoms with Crippen LogP contribution in [0, 0.1) is 13.8 Å². The van der Waals surface area contributed by atoms with Gasteiger partial charge < -0.3 is 10.4 Å². The van der Waals surface area contributed by atoms with E-state index in [0.717, 1.165) is 15.8 Å². The highest BCUT2D eigenvalue weighted by Gasteiger charge is 2.12. The van der Waals surface area contributed by atoms with E-state index in [2.05, 4.69) is 15.6 Å². The van der Waals surface area contributed by atoms with Gasteiger partial charge in [-0.1, -0.05) is 11.3 Å². The molecule has 0 spiro atoms. The maximum absolute atomic E-state index is 12.0. The summed E-state index contributed by atoms with van der Waals surface area (Å²) in [5.74, 6) is -1.47. The predicted molar refractivity (Wildman–Crippen MR) is 71.5 cm³/mol. The van der Waals surface area contributed by atoms with Crippen molar-refractivity contribution in [3.63, 3.8) is 0 Å². The molecule has 104 valence electrons. The lowest BCUT2D eigenvalue weighted by molar-refractivity contribution is -0.137. The Hall–Kier alpha value is -2.70. The number of aliphatic carboxylic acids is 1. The molecular formula is C13H14N4O3. The minimum absolute atomic E-state index is 0.0745. The summed E-state index contributed by atoms with van der Waals surface area (Å²) >= 11 is 0. The molecule has 0 aliphatic rings. The molecule has 20 heavy (non-hydrogen) atoms. The smallest absolute Gasteiger partial charge is 0.325 e. The monoisotopic (exact) mass is 274 g/mol. The number of carboxylic acids is 1. The lowest BCUT2D eigenvalue weighted by Crippen LogP contribution is -2.13. The summed E-state index contributed by atoms with van der Waals surface area (Å²) in [5.41, 5.74) is 2.82. The molecule has 2 rings (SSSR count). The number of nitrogens with zero attached hydrogens (tertiary/aromatic N) is 3. The van der Waals surface area contributed by atoms with E-state index < -0.39 is 11.9 Å². The number of carbonyl (C=O) groups is 2. The Balaban J connectivity index is 2.11. The highest BCUT2D eigenvalue weighted by Crippen LogP contribution is 2.14. The summed E-state index contributed by atoms with van der Waals surface area (Å²) in [4.78, 5) is 22.5. The zero-order valence-electron chi connectivity index (χ0n) is 11.1. The molecule has 7 heteroatoms. The zero-order valence-corrected chi connectivity index (χ0v) is 11.1. The van der Waals surface area contributed by atoms with Crippen LogP contribution < -0.4 is 5.32 Å². The molecule has 0 bridgehead atoms. The first kappa shape index (κ1) is 13.7. The van der Waals surface area contributed by atoms with Gasteiger partial charge in [0.05, 0.1) is 6.20 Å². The summed E-state index contributed by atoms with van der Waals surface area (Å²) in [5, 5.41) is 18.6. The molecule has 2 aromatic rings. The second-order valence-electron chi connectivity index (χ2n) is 4.53. The molecule has 1 aromatic heterocycles. The molecule has 0 aliphatic carbocycles. The van der Waals surface area contributed by atoms with Crippen LogP contribution in [-0.2, 0) is 11.3 Å². The SMILES string of the molecule is Cc1cc(C)cc(NC(=O)c2cn(CC(=O)O)nn2)c1. The Kier molecular flexibility index (Phi) is 3.79. The van der Waals surface area contributed by atoms with Gasteiger partial charge in [0.15, 0.2) is 5.69 Å². The number of aryl methyl sites for hydroxylation is 2. The van der Waals surface area contributed by atoms with Crippen molar-refractivity contribution >= 4 is 17.6 Å². The van der Waals surface area contributed by atoms with Gasteiger partial charge >= 0.3 is 5.97 Å². The number of rotatable bonds is 4. The van der Waals surface area contributed by atoms with E-state index in [1.807, 2.05) is 32.0 Å². The molecule has 0 saturated heterocycles. The molecule has 0 unspecified atom stereocenters. The molecule has 1 heterocycles. The Morgan fingerprint density at radius 1 is 1.25 bits per heavy atom.